The summed E-state index contributed by atoms with van der Waals surface area (Å²) in [6.45, 7) is 5.05. The van der Waals surface area contributed by atoms with Gasteiger partial charge in [0, 0.05) is 0 Å². The summed E-state index contributed by atoms with van der Waals surface area (Å²) < 4.78 is 12.8. The molecule has 0 aliphatic rings. The third kappa shape index (κ3) is 4.32. The predicted molar refractivity (Wildman–Crippen MR) is 117 cm³/mol. The van der Waals surface area contributed by atoms with Crippen molar-refractivity contribution in [2.75, 3.05) is 13.2 Å². The van der Waals surface area contributed by atoms with E-state index in [-0.39, 0.29) is 12.5 Å². The highest BCUT2D eigenvalue weighted by Crippen LogP contribution is 2.28. The van der Waals surface area contributed by atoms with Crippen LogP contribution in [0, 0.1) is 0 Å². The molecule has 0 radical (unpaired) electrons. The Kier molecular flexibility index (Phi) is 6.07. The highest BCUT2D eigenvalue weighted by Gasteiger charge is 2.18. The summed E-state index contributed by atoms with van der Waals surface area (Å²) >= 11 is 0. The second-order valence-corrected chi connectivity index (χ2v) is 6.71. The summed E-state index contributed by atoms with van der Waals surface area (Å²) in [6.07, 6.45) is 0. The van der Waals surface area contributed by atoms with Crippen LogP contribution in [0.4, 0.5) is 0 Å². The summed E-state index contributed by atoms with van der Waals surface area (Å²) in [6, 6.07) is 18.9. The fourth-order valence-corrected chi connectivity index (χ4v) is 3.38. The SMILES string of the molecule is CCOc1ccc(-n2nnnc2CNC(=O)c2c(OCC)ccc3ccccc23)cc1. The fraction of sp³-hybridized carbons (Fsp3) is 0.217. The first kappa shape index (κ1) is 20.3. The van der Waals surface area contributed by atoms with Crippen LogP contribution in [0.25, 0.3) is 16.5 Å². The van der Waals surface area contributed by atoms with E-state index < -0.39 is 0 Å². The van der Waals surface area contributed by atoms with Gasteiger partial charge in [0.1, 0.15) is 11.5 Å². The number of aromatic nitrogens is 4. The molecule has 1 aromatic heterocycles. The number of benzene rings is 3. The maximum Gasteiger partial charge on any atom is 0.256 e. The molecule has 4 rings (SSSR count). The minimum atomic E-state index is -0.249. The van der Waals surface area contributed by atoms with Gasteiger partial charge in [0.05, 0.1) is 31.0 Å². The van der Waals surface area contributed by atoms with Crippen LogP contribution in [0.2, 0.25) is 0 Å². The van der Waals surface area contributed by atoms with E-state index in [9.17, 15) is 4.79 Å². The molecule has 0 spiro atoms. The van der Waals surface area contributed by atoms with Gasteiger partial charge >= 0.3 is 0 Å². The van der Waals surface area contributed by atoms with Gasteiger partial charge in [0.15, 0.2) is 5.82 Å². The van der Waals surface area contributed by atoms with Crippen molar-refractivity contribution in [2.24, 2.45) is 0 Å². The molecule has 0 saturated carbocycles. The number of hydrogen-bond donors (Lipinski definition) is 1. The van der Waals surface area contributed by atoms with Crippen LogP contribution in [0.5, 0.6) is 11.5 Å². The summed E-state index contributed by atoms with van der Waals surface area (Å²) in [4.78, 5) is 13.1. The van der Waals surface area contributed by atoms with Gasteiger partial charge in [-0.3, -0.25) is 4.79 Å². The van der Waals surface area contributed by atoms with E-state index in [1.807, 2.05) is 74.5 Å². The summed E-state index contributed by atoms with van der Waals surface area (Å²) in [5.74, 6) is 1.58. The molecule has 0 saturated heterocycles. The molecule has 4 aromatic rings. The molecule has 158 valence electrons. The average Bonchev–Trinajstić information content (AvgIpc) is 3.27. The third-order valence-electron chi connectivity index (χ3n) is 4.75. The molecule has 0 atom stereocenters. The molecule has 0 bridgehead atoms. The molecule has 1 N–H and O–H groups in total. The molecule has 1 heterocycles. The van der Waals surface area contributed by atoms with Crippen molar-refractivity contribution in [3.8, 4) is 17.2 Å². The Balaban J connectivity index is 1.57. The van der Waals surface area contributed by atoms with Gasteiger partial charge < -0.3 is 14.8 Å². The van der Waals surface area contributed by atoms with Crippen molar-refractivity contribution in [2.45, 2.75) is 20.4 Å². The fourth-order valence-electron chi connectivity index (χ4n) is 3.38. The smallest absolute Gasteiger partial charge is 0.256 e. The minimum Gasteiger partial charge on any atom is -0.494 e. The Hall–Kier alpha value is -3.94. The number of carbonyl (C=O) groups excluding carboxylic acids is 1. The zero-order valence-corrected chi connectivity index (χ0v) is 17.4. The quantitative estimate of drug-likeness (QED) is 0.472. The monoisotopic (exact) mass is 417 g/mol. The van der Waals surface area contributed by atoms with Crippen molar-refractivity contribution in [1.29, 1.82) is 0 Å². The standard InChI is InChI=1S/C23H23N5O3/c1-3-30-18-12-10-17(11-13-18)28-21(25-26-27-28)15-24-23(29)22-19-8-6-5-7-16(19)9-14-20(22)31-4-2/h5-14H,3-4,15H2,1-2H3,(H,24,29). The van der Waals surface area contributed by atoms with Gasteiger partial charge in [-0.15, -0.1) is 5.10 Å². The number of amides is 1. The number of ether oxygens (including phenoxy) is 2. The number of rotatable bonds is 8. The molecule has 0 fully saturated rings. The lowest BCUT2D eigenvalue weighted by molar-refractivity contribution is 0.0947. The van der Waals surface area contributed by atoms with Crippen molar-refractivity contribution >= 4 is 16.7 Å². The lowest BCUT2D eigenvalue weighted by Gasteiger charge is -2.13. The number of carbonyl (C=O) groups is 1. The summed E-state index contributed by atoms with van der Waals surface area (Å²) in [5, 5.41) is 16.6. The molecule has 1 amide bonds. The zero-order chi connectivity index (χ0) is 21.6. The Morgan fingerprint density at radius 1 is 0.968 bits per heavy atom. The van der Waals surface area contributed by atoms with E-state index in [0.717, 1.165) is 22.2 Å². The first-order valence-electron chi connectivity index (χ1n) is 10.1. The van der Waals surface area contributed by atoms with Crippen molar-refractivity contribution in [1.82, 2.24) is 25.5 Å². The van der Waals surface area contributed by atoms with Crippen LogP contribution in [0.3, 0.4) is 0 Å². The van der Waals surface area contributed by atoms with Gasteiger partial charge in [0.25, 0.3) is 5.91 Å². The molecule has 8 nitrogen and oxygen atoms in total. The van der Waals surface area contributed by atoms with Crippen LogP contribution in [0.1, 0.15) is 30.0 Å². The van der Waals surface area contributed by atoms with E-state index >= 15 is 0 Å². The number of fused-ring (bicyclic) bond motifs is 1. The Morgan fingerprint density at radius 2 is 1.74 bits per heavy atom. The lowest BCUT2D eigenvalue weighted by atomic mass is 10.0. The Morgan fingerprint density at radius 3 is 2.52 bits per heavy atom. The lowest BCUT2D eigenvalue weighted by Crippen LogP contribution is -2.25. The minimum absolute atomic E-state index is 0.161. The first-order valence-corrected chi connectivity index (χ1v) is 10.1. The highest BCUT2D eigenvalue weighted by atomic mass is 16.5. The molecular formula is C23H23N5O3. The van der Waals surface area contributed by atoms with Gasteiger partial charge in [-0.2, -0.15) is 4.68 Å². The zero-order valence-electron chi connectivity index (χ0n) is 17.4. The van der Waals surface area contributed by atoms with Crippen LogP contribution >= 0.6 is 0 Å². The van der Waals surface area contributed by atoms with E-state index in [2.05, 4.69) is 20.8 Å². The van der Waals surface area contributed by atoms with Gasteiger partial charge in [0.2, 0.25) is 0 Å². The van der Waals surface area contributed by atoms with Crippen molar-refractivity contribution in [3.63, 3.8) is 0 Å². The van der Waals surface area contributed by atoms with E-state index in [4.69, 9.17) is 9.47 Å². The molecule has 0 unspecified atom stereocenters. The topological polar surface area (TPSA) is 91.2 Å². The van der Waals surface area contributed by atoms with Gasteiger partial charge in [-0.25, -0.2) is 0 Å². The van der Waals surface area contributed by atoms with Gasteiger partial charge in [-0.1, -0.05) is 30.3 Å². The molecule has 31 heavy (non-hydrogen) atoms. The molecule has 0 aliphatic heterocycles. The summed E-state index contributed by atoms with van der Waals surface area (Å²) in [7, 11) is 0. The maximum atomic E-state index is 13.1. The maximum absolute atomic E-state index is 13.1. The van der Waals surface area contributed by atoms with E-state index in [0.29, 0.717) is 30.4 Å². The Bertz CT molecular complexity index is 1190. The number of nitrogens with one attached hydrogen (secondary N) is 1. The van der Waals surface area contributed by atoms with Crippen LogP contribution in [-0.4, -0.2) is 39.3 Å². The number of hydrogen-bond acceptors (Lipinski definition) is 6. The van der Waals surface area contributed by atoms with E-state index in [1.165, 1.54) is 0 Å². The third-order valence-corrected chi connectivity index (χ3v) is 4.75. The number of tetrazole rings is 1. The largest absolute Gasteiger partial charge is 0.494 e. The molecular weight excluding hydrogens is 394 g/mol. The second kappa shape index (κ2) is 9.25. The van der Waals surface area contributed by atoms with Crippen LogP contribution in [-0.2, 0) is 6.54 Å². The molecule has 0 aliphatic carbocycles. The summed E-state index contributed by atoms with van der Waals surface area (Å²) in [5.41, 5.74) is 1.28. The average molecular weight is 417 g/mol. The second-order valence-electron chi connectivity index (χ2n) is 6.71. The predicted octanol–water partition coefficient (Wildman–Crippen LogP) is 3.54. The normalized spacial score (nSPS) is 10.8. The highest BCUT2D eigenvalue weighted by molar-refractivity contribution is 6.09. The van der Waals surface area contributed by atoms with Crippen LogP contribution < -0.4 is 14.8 Å². The Labute approximate surface area is 179 Å². The number of nitrogens with zero attached hydrogens (tertiary/aromatic N) is 4. The molecule has 8 heteroatoms. The molecule has 3 aromatic carbocycles. The van der Waals surface area contributed by atoms with E-state index in [1.54, 1.807) is 4.68 Å². The van der Waals surface area contributed by atoms with Crippen molar-refractivity contribution in [3.05, 3.63) is 72.1 Å². The van der Waals surface area contributed by atoms with Gasteiger partial charge in [-0.05, 0) is 65.4 Å². The van der Waals surface area contributed by atoms with Crippen LogP contribution in [0.15, 0.2) is 60.7 Å². The first-order chi connectivity index (χ1) is 15.2. The van der Waals surface area contributed by atoms with Crippen molar-refractivity contribution < 1.29 is 14.3 Å².